The number of allylic oxidation sites excluding steroid dienone is 1. The highest BCUT2D eigenvalue weighted by Gasteiger charge is 2.32. The van der Waals surface area contributed by atoms with Crippen molar-refractivity contribution in [3.8, 4) is 0 Å². The van der Waals surface area contributed by atoms with Crippen LogP contribution in [0.3, 0.4) is 0 Å². The number of hydrogen-bond donors (Lipinski definition) is 2. The molecular formula is C24H27NO4. The van der Waals surface area contributed by atoms with Gasteiger partial charge in [-0.1, -0.05) is 42.5 Å². The van der Waals surface area contributed by atoms with Gasteiger partial charge in [0, 0.05) is 37.2 Å². The van der Waals surface area contributed by atoms with Crippen molar-refractivity contribution in [1.82, 2.24) is 4.90 Å². The monoisotopic (exact) mass is 393 g/mol. The molecule has 0 amide bonds. The Morgan fingerprint density at radius 1 is 1.00 bits per heavy atom. The van der Waals surface area contributed by atoms with Gasteiger partial charge in [0.25, 0.3) is 0 Å². The second kappa shape index (κ2) is 8.11. The average molecular weight is 393 g/mol. The molecule has 0 radical (unpaired) electrons. The van der Waals surface area contributed by atoms with Crippen LogP contribution in [0, 0.1) is 0 Å². The number of rotatable bonds is 6. The second-order valence-electron chi connectivity index (χ2n) is 8.13. The molecule has 2 unspecified atom stereocenters. The standard InChI is InChI=1S/C24H27NO4/c1-15(26)11-25(12-16(2)27)13-17-7-8-21-19(9-17)14-29-24(21)23-20-6-4-3-5-18(20)10-22(23)28/h3-9,15-16,26-27H,10-14H2,1-2H3/b24-23+. The van der Waals surface area contributed by atoms with Crippen LogP contribution in [-0.2, 0) is 29.1 Å². The van der Waals surface area contributed by atoms with E-state index < -0.39 is 12.2 Å². The Balaban J connectivity index is 1.62. The number of carbonyl (C=O) groups is 1. The Kier molecular flexibility index (Phi) is 5.54. The van der Waals surface area contributed by atoms with E-state index in [0.29, 0.717) is 44.0 Å². The fourth-order valence-corrected chi connectivity index (χ4v) is 4.31. The van der Waals surface area contributed by atoms with Crippen molar-refractivity contribution < 1.29 is 19.7 Å². The van der Waals surface area contributed by atoms with Crippen LogP contribution in [0.5, 0.6) is 0 Å². The zero-order chi connectivity index (χ0) is 20.5. The van der Waals surface area contributed by atoms with Gasteiger partial charge in [-0.25, -0.2) is 0 Å². The Hall–Kier alpha value is -2.47. The van der Waals surface area contributed by atoms with Gasteiger partial charge in [-0.05, 0) is 30.5 Å². The largest absolute Gasteiger partial charge is 0.487 e. The maximum absolute atomic E-state index is 12.7. The predicted octanol–water partition coefficient (Wildman–Crippen LogP) is 2.77. The minimum absolute atomic E-state index is 0.109. The van der Waals surface area contributed by atoms with Gasteiger partial charge in [-0.15, -0.1) is 0 Å². The molecule has 152 valence electrons. The molecule has 2 N–H and O–H groups in total. The molecule has 0 aromatic heterocycles. The van der Waals surface area contributed by atoms with E-state index in [4.69, 9.17) is 4.74 Å². The molecule has 5 heteroatoms. The number of ketones is 1. The van der Waals surface area contributed by atoms with Crippen LogP contribution in [0.4, 0.5) is 0 Å². The minimum atomic E-state index is -0.462. The average Bonchev–Trinajstić information content (AvgIpc) is 3.19. The van der Waals surface area contributed by atoms with E-state index in [1.165, 1.54) is 0 Å². The summed E-state index contributed by atoms with van der Waals surface area (Å²) >= 11 is 0. The fraction of sp³-hybridized carbons (Fsp3) is 0.375. The first-order chi connectivity index (χ1) is 13.9. The predicted molar refractivity (Wildman–Crippen MR) is 112 cm³/mol. The molecule has 1 aliphatic carbocycles. The zero-order valence-electron chi connectivity index (χ0n) is 16.9. The van der Waals surface area contributed by atoms with Crippen molar-refractivity contribution in [2.75, 3.05) is 13.1 Å². The third kappa shape index (κ3) is 4.13. The molecule has 0 saturated heterocycles. The van der Waals surface area contributed by atoms with Gasteiger partial charge < -0.3 is 14.9 Å². The normalized spacial score (nSPS) is 19.8. The van der Waals surface area contributed by atoms with Gasteiger partial charge in [0.1, 0.15) is 12.4 Å². The summed E-state index contributed by atoms with van der Waals surface area (Å²) in [5.74, 6) is 0.796. The quantitative estimate of drug-likeness (QED) is 0.739. The SMILES string of the molecule is CC(O)CN(Cc1ccc2c(c1)CO/C2=C1/C(=O)Cc2ccccc21)CC(C)O. The van der Waals surface area contributed by atoms with E-state index in [0.717, 1.165) is 27.8 Å². The summed E-state index contributed by atoms with van der Waals surface area (Å²) in [5, 5.41) is 19.5. The number of aliphatic hydroxyl groups excluding tert-OH is 2. The van der Waals surface area contributed by atoms with Gasteiger partial charge in [0.15, 0.2) is 5.78 Å². The van der Waals surface area contributed by atoms with Gasteiger partial charge in [0.2, 0.25) is 0 Å². The molecule has 0 spiro atoms. The number of Topliss-reactive ketones (excluding diaryl/α,β-unsaturated/α-hetero) is 1. The van der Waals surface area contributed by atoms with Crippen LogP contribution in [0.15, 0.2) is 42.5 Å². The number of nitrogens with zero attached hydrogens (tertiary/aromatic N) is 1. The van der Waals surface area contributed by atoms with Crippen molar-refractivity contribution >= 4 is 17.1 Å². The van der Waals surface area contributed by atoms with Crippen molar-refractivity contribution in [2.45, 2.75) is 45.6 Å². The van der Waals surface area contributed by atoms with E-state index in [-0.39, 0.29) is 5.78 Å². The topological polar surface area (TPSA) is 70.0 Å². The minimum Gasteiger partial charge on any atom is -0.487 e. The fourth-order valence-electron chi connectivity index (χ4n) is 4.31. The van der Waals surface area contributed by atoms with Gasteiger partial charge in [-0.2, -0.15) is 0 Å². The van der Waals surface area contributed by atoms with Crippen molar-refractivity contribution in [3.63, 3.8) is 0 Å². The van der Waals surface area contributed by atoms with E-state index >= 15 is 0 Å². The summed E-state index contributed by atoms with van der Waals surface area (Å²) in [6, 6.07) is 14.1. The van der Waals surface area contributed by atoms with Crippen molar-refractivity contribution in [3.05, 3.63) is 70.3 Å². The summed E-state index contributed by atoms with van der Waals surface area (Å²) in [6.45, 7) is 5.58. The van der Waals surface area contributed by atoms with Crippen LogP contribution in [-0.4, -0.2) is 46.2 Å². The van der Waals surface area contributed by atoms with Crippen LogP contribution in [0.2, 0.25) is 0 Å². The molecule has 29 heavy (non-hydrogen) atoms. The summed E-state index contributed by atoms with van der Waals surface area (Å²) < 4.78 is 5.99. The first-order valence-corrected chi connectivity index (χ1v) is 10.1. The van der Waals surface area contributed by atoms with E-state index in [1.807, 2.05) is 41.3 Å². The van der Waals surface area contributed by atoms with Crippen LogP contribution in [0.25, 0.3) is 11.3 Å². The number of hydrogen-bond acceptors (Lipinski definition) is 5. The number of ether oxygens (including phenoxy) is 1. The van der Waals surface area contributed by atoms with Crippen LogP contribution < -0.4 is 0 Å². The lowest BCUT2D eigenvalue weighted by Crippen LogP contribution is -2.35. The maximum atomic E-state index is 12.7. The Morgan fingerprint density at radius 3 is 2.45 bits per heavy atom. The highest BCUT2D eigenvalue weighted by Crippen LogP contribution is 2.40. The Morgan fingerprint density at radius 2 is 1.72 bits per heavy atom. The third-order valence-electron chi connectivity index (χ3n) is 5.38. The number of fused-ring (bicyclic) bond motifs is 2. The maximum Gasteiger partial charge on any atom is 0.171 e. The number of benzene rings is 2. The zero-order valence-corrected chi connectivity index (χ0v) is 16.9. The summed E-state index contributed by atoms with van der Waals surface area (Å²) in [7, 11) is 0. The Labute approximate surface area is 171 Å². The molecule has 4 rings (SSSR count). The van der Waals surface area contributed by atoms with Crippen LogP contribution in [0.1, 0.15) is 41.7 Å². The molecule has 5 nitrogen and oxygen atoms in total. The lowest BCUT2D eigenvalue weighted by molar-refractivity contribution is -0.112. The molecule has 2 atom stereocenters. The number of carbonyl (C=O) groups excluding carboxylic acids is 1. The number of aliphatic hydroxyl groups is 2. The first-order valence-electron chi connectivity index (χ1n) is 10.1. The smallest absolute Gasteiger partial charge is 0.171 e. The molecule has 1 heterocycles. The van der Waals surface area contributed by atoms with E-state index in [1.54, 1.807) is 13.8 Å². The molecule has 0 saturated carbocycles. The third-order valence-corrected chi connectivity index (χ3v) is 5.38. The summed E-state index contributed by atoms with van der Waals surface area (Å²) in [6.07, 6.45) is -0.494. The molecule has 0 bridgehead atoms. The van der Waals surface area contributed by atoms with Crippen LogP contribution >= 0.6 is 0 Å². The van der Waals surface area contributed by atoms with E-state index in [2.05, 4.69) is 6.07 Å². The summed E-state index contributed by atoms with van der Waals surface area (Å²) in [4.78, 5) is 14.7. The lowest BCUT2D eigenvalue weighted by Gasteiger charge is -2.25. The highest BCUT2D eigenvalue weighted by atomic mass is 16.5. The van der Waals surface area contributed by atoms with Crippen molar-refractivity contribution in [1.29, 1.82) is 0 Å². The molecule has 2 aliphatic rings. The van der Waals surface area contributed by atoms with Gasteiger partial charge >= 0.3 is 0 Å². The second-order valence-corrected chi connectivity index (χ2v) is 8.13. The molecule has 2 aromatic carbocycles. The highest BCUT2D eigenvalue weighted by molar-refractivity contribution is 6.31. The lowest BCUT2D eigenvalue weighted by atomic mass is 9.99. The first kappa shape index (κ1) is 19.8. The molecular weight excluding hydrogens is 366 g/mol. The van der Waals surface area contributed by atoms with Crippen molar-refractivity contribution in [2.24, 2.45) is 0 Å². The van der Waals surface area contributed by atoms with E-state index in [9.17, 15) is 15.0 Å². The Bertz CT molecular complexity index is 951. The molecule has 2 aromatic rings. The van der Waals surface area contributed by atoms with Gasteiger partial charge in [0.05, 0.1) is 17.8 Å². The summed E-state index contributed by atoms with van der Waals surface area (Å²) in [5.41, 5.74) is 5.86. The molecule has 0 fully saturated rings. The van der Waals surface area contributed by atoms with Gasteiger partial charge in [-0.3, -0.25) is 9.69 Å². The molecule has 1 aliphatic heterocycles.